The number of likely N-dealkylation sites (tertiary alicyclic amines) is 1. The first-order valence-corrected chi connectivity index (χ1v) is 9.85. The molecule has 1 aliphatic carbocycles. The van der Waals surface area contributed by atoms with Crippen LogP contribution in [0.5, 0.6) is 0 Å². The molecule has 1 saturated carbocycles. The van der Waals surface area contributed by atoms with Crippen molar-refractivity contribution in [2.75, 3.05) is 26.7 Å². The lowest BCUT2D eigenvalue weighted by atomic mass is 9.90. The van der Waals surface area contributed by atoms with Gasteiger partial charge in [0, 0.05) is 38.1 Å². The molecule has 0 spiro atoms. The number of nitrogens with one attached hydrogen (secondary N) is 2. The van der Waals surface area contributed by atoms with Crippen LogP contribution in [0.15, 0.2) is 6.20 Å². The molecule has 0 unspecified atom stereocenters. The second-order valence-corrected chi connectivity index (χ2v) is 7.85. The molecule has 2 aliphatic rings. The number of nitrogens with zero attached hydrogens (tertiary/aromatic N) is 3. The molecular weight excluding hydrogens is 314 g/mol. The molecule has 1 aromatic rings. The summed E-state index contributed by atoms with van der Waals surface area (Å²) in [5.74, 6) is 1.41. The summed E-state index contributed by atoms with van der Waals surface area (Å²) < 4.78 is 0. The minimum absolute atomic E-state index is 0.0103. The summed E-state index contributed by atoms with van der Waals surface area (Å²) in [6.45, 7) is 5.65. The lowest BCUT2D eigenvalue weighted by Crippen LogP contribution is -2.47. The fourth-order valence-corrected chi connectivity index (χ4v) is 4.25. The van der Waals surface area contributed by atoms with Crippen LogP contribution < -0.4 is 5.32 Å². The van der Waals surface area contributed by atoms with Crippen LogP contribution in [0, 0.1) is 12.8 Å². The van der Waals surface area contributed by atoms with Crippen molar-refractivity contribution >= 4 is 6.03 Å². The molecule has 3 rings (SSSR count). The standard InChI is InChI=1S/C19H33N5O/c1-15-11-20-18(22-15)14-23(2)19(25)21-12-16-7-6-10-24(13-16)17-8-4-3-5-9-17/h11,16-17H,3-10,12-14H2,1-2H3,(H,20,22)(H,21,25)/t16-/m1/s1. The Morgan fingerprint density at radius 3 is 2.84 bits per heavy atom. The van der Waals surface area contributed by atoms with Gasteiger partial charge in [-0.2, -0.15) is 0 Å². The Morgan fingerprint density at radius 2 is 2.12 bits per heavy atom. The van der Waals surface area contributed by atoms with E-state index >= 15 is 0 Å². The van der Waals surface area contributed by atoms with E-state index in [-0.39, 0.29) is 6.03 Å². The Morgan fingerprint density at radius 1 is 1.32 bits per heavy atom. The summed E-state index contributed by atoms with van der Waals surface area (Å²) >= 11 is 0. The topological polar surface area (TPSA) is 64.3 Å². The van der Waals surface area contributed by atoms with Gasteiger partial charge in [-0.3, -0.25) is 0 Å². The van der Waals surface area contributed by atoms with Gasteiger partial charge < -0.3 is 20.1 Å². The number of aromatic amines is 1. The van der Waals surface area contributed by atoms with E-state index in [4.69, 9.17) is 0 Å². The Kier molecular flexibility index (Phi) is 6.34. The Bertz CT molecular complexity index is 552. The molecule has 2 amide bonds. The largest absolute Gasteiger partial charge is 0.345 e. The van der Waals surface area contributed by atoms with Gasteiger partial charge >= 0.3 is 6.03 Å². The number of hydrogen-bond acceptors (Lipinski definition) is 3. The third kappa shape index (κ3) is 5.21. The van der Waals surface area contributed by atoms with E-state index in [9.17, 15) is 4.79 Å². The summed E-state index contributed by atoms with van der Waals surface area (Å²) in [6.07, 6.45) is 11.2. The molecule has 25 heavy (non-hydrogen) atoms. The van der Waals surface area contributed by atoms with Gasteiger partial charge in [0.15, 0.2) is 0 Å². The fraction of sp³-hybridized carbons (Fsp3) is 0.789. The van der Waals surface area contributed by atoms with Gasteiger partial charge in [0.2, 0.25) is 0 Å². The van der Waals surface area contributed by atoms with Crippen LogP contribution in [0.2, 0.25) is 0 Å². The van der Waals surface area contributed by atoms with Crippen molar-refractivity contribution < 1.29 is 4.79 Å². The van der Waals surface area contributed by atoms with E-state index in [1.54, 1.807) is 11.1 Å². The summed E-state index contributed by atoms with van der Waals surface area (Å²) in [7, 11) is 1.82. The van der Waals surface area contributed by atoms with Crippen LogP contribution in [0.4, 0.5) is 4.79 Å². The Balaban J connectivity index is 1.41. The Hall–Kier alpha value is -1.56. The van der Waals surface area contributed by atoms with E-state index in [1.165, 1.54) is 51.5 Å². The zero-order valence-corrected chi connectivity index (χ0v) is 15.8. The third-order valence-electron chi connectivity index (χ3n) is 5.67. The first-order valence-electron chi connectivity index (χ1n) is 9.85. The first kappa shape index (κ1) is 18.2. The molecule has 0 bridgehead atoms. The minimum atomic E-state index is -0.0103. The van der Waals surface area contributed by atoms with Crippen LogP contribution in [0.25, 0.3) is 0 Å². The molecule has 0 aromatic carbocycles. The molecule has 140 valence electrons. The number of amides is 2. The number of H-pyrrole nitrogens is 1. The molecule has 0 radical (unpaired) electrons. The van der Waals surface area contributed by atoms with Crippen LogP contribution >= 0.6 is 0 Å². The van der Waals surface area contributed by atoms with E-state index in [1.807, 2.05) is 14.0 Å². The lowest BCUT2D eigenvalue weighted by Gasteiger charge is -2.40. The van der Waals surface area contributed by atoms with Crippen molar-refractivity contribution in [2.45, 2.75) is 64.5 Å². The molecule has 1 aromatic heterocycles. The zero-order chi connectivity index (χ0) is 17.6. The molecular formula is C19H33N5O. The molecule has 2 N–H and O–H groups in total. The van der Waals surface area contributed by atoms with E-state index < -0.39 is 0 Å². The van der Waals surface area contributed by atoms with Gasteiger partial charge in [0.25, 0.3) is 0 Å². The molecule has 2 heterocycles. The van der Waals surface area contributed by atoms with Crippen LogP contribution in [0.3, 0.4) is 0 Å². The predicted molar refractivity (Wildman–Crippen MR) is 99.4 cm³/mol. The highest BCUT2D eigenvalue weighted by atomic mass is 16.2. The molecule has 2 fully saturated rings. The van der Waals surface area contributed by atoms with Gasteiger partial charge in [-0.05, 0) is 45.1 Å². The van der Waals surface area contributed by atoms with Crippen molar-refractivity contribution in [3.63, 3.8) is 0 Å². The number of imidazole rings is 1. The fourth-order valence-electron chi connectivity index (χ4n) is 4.25. The van der Waals surface area contributed by atoms with E-state index in [2.05, 4.69) is 20.2 Å². The molecule has 1 saturated heterocycles. The van der Waals surface area contributed by atoms with Crippen LogP contribution in [-0.2, 0) is 6.54 Å². The highest BCUT2D eigenvalue weighted by Crippen LogP contribution is 2.26. The lowest BCUT2D eigenvalue weighted by molar-refractivity contribution is 0.0979. The molecule has 6 nitrogen and oxygen atoms in total. The maximum Gasteiger partial charge on any atom is 0.317 e. The average Bonchev–Trinajstić information content (AvgIpc) is 3.05. The number of aromatic nitrogens is 2. The quantitative estimate of drug-likeness (QED) is 0.861. The highest BCUT2D eigenvalue weighted by molar-refractivity contribution is 5.73. The second-order valence-electron chi connectivity index (χ2n) is 7.85. The number of rotatable bonds is 5. The SMILES string of the molecule is Cc1cnc(CN(C)C(=O)NC[C@H]2CCCN(C3CCCCC3)C2)[nH]1. The first-order chi connectivity index (χ1) is 12.1. The number of urea groups is 1. The van der Waals surface area contributed by atoms with Gasteiger partial charge in [-0.15, -0.1) is 0 Å². The number of carbonyl (C=O) groups is 1. The number of aryl methyl sites for hydroxylation is 1. The van der Waals surface area contributed by atoms with Crippen molar-refractivity contribution in [3.8, 4) is 0 Å². The second kappa shape index (κ2) is 8.70. The third-order valence-corrected chi connectivity index (χ3v) is 5.67. The van der Waals surface area contributed by atoms with Gasteiger partial charge in [0.1, 0.15) is 5.82 Å². The van der Waals surface area contributed by atoms with Gasteiger partial charge in [-0.1, -0.05) is 19.3 Å². The predicted octanol–water partition coefficient (Wildman–Crippen LogP) is 2.90. The van der Waals surface area contributed by atoms with Gasteiger partial charge in [0.05, 0.1) is 6.54 Å². The maximum absolute atomic E-state index is 12.3. The number of carbonyl (C=O) groups excluding carboxylic acids is 1. The smallest absolute Gasteiger partial charge is 0.317 e. The van der Waals surface area contributed by atoms with Crippen molar-refractivity contribution in [2.24, 2.45) is 5.92 Å². The summed E-state index contributed by atoms with van der Waals surface area (Å²) in [6, 6.07) is 0.779. The van der Waals surface area contributed by atoms with E-state index in [0.29, 0.717) is 12.5 Å². The van der Waals surface area contributed by atoms with Crippen molar-refractivity contribution in [3.05, 3.63) is 17.7 Å². The van der Waals surface area contributed by atoms with Crippen molar-refractivity contribution in [1.29, 1.82) is 0 Å². The van der Waals surface area contributed by atoms with Crippen molar-refractivity contribution in [1.82, 2.24) is 25.1 Å². The monoisotopic (exact) mass is 347 g/mol. The average molecular weight is 348 g/mol. The Labute approximate surface area is 151 Å². The molecule has 1 aliphatic heterocycles. The minimum Gasteiger partial charge on any atom is -0.345 e. The summed E-state index contributed by atoms with van der Waals surface area (Å²) in [5.41, 5.74) is 1.02. The number of hydrogen-bond donors (Lipinski definition) is 2. The summed E-state index contributed by atoms with van der Waals surface area (Å²) in [4.78, 5) is 24.2. The van der Waals surface area contributed by atoms with E-state index in [0.717, 1.165) is 30.6 Å². The van der Waals surface area contributed by atoms with Crippen LogP contribution in [-0.4, -0.2) is 58.5 Å². The number of piperidine rings is 1. The molecule has 6 heteroatoms. The summed E-state index contributed by atoms with van der Waals surface area (Å²) in [5, 5.41) is 3.12. The maximum atomic E-state index is 12.3. The van der Waals surface area contributed by atoms with Crippen LogP contribution in [0.1, 0.15) is 56.5 Å². The van der Waals surface area contributed by atoms with Gasteiger partial charge in [-0.25, -0.2) is 9.78 Å². The zero-order valence-electron chi connectivity index (χ0n) is 15.8. The molecule has 1 atom stereocenters. The highest BCUT2D eigenvalue weighted by Gasteiger charge is 2.27. The normalized spacial score (nSPS) is 22.7.